The van der Waals surface area contributed by atoms with Crippen molar-refractivity contribution >= 4 is 5.95 Å². The summed E-state index contributed by atoms with van der Waals surface area (Å²) in [6, 6.07) is 9.24. The van der Waals surface area contributed by atoms with E-state index in [4.69, 9.17) is 11.0 Å². The third-order valence-corrected chi connectivity index (χ3v) is 1.97. The lowest BCUT2D eigenvalue weighted by atomic mass is 10.1. The summed E-state index contributed by atoms with van der Waals surface area (Å²) in [6.07, 6.45) is 0. The summed E-state index contributed by atoms with van der Waals surface area (Å²) in [5.74, 6) is 0.277. The summed E-state index contributed by atoms with van der Waals surface area (Å²) in [5.41, 5.74) is 7.14. The first-order chi connectivity index (χ1) is 7.29. The molecule has 1 aromatic carbocycles. The molecule has 0 radical (unpaired) electrons. The second-order valence-corrected chi connectivity index (χ2v) is 3.00. The van der Waals surface area contributed by atoms with Crippen LogP contribution in [-0.2, 0) is 6.54 Å². The fraction of sp³-hybridized carbons (Fsp3) is 0.111. The van der Waals surface area contributed by atoms with Crippen LogP contribution in [0.2, 0.25) is 0 Å². The van der Waals surface area contributed by atoms with Gasteiger partial charge in [0.2, 0.25) is 5.95 Å². The first-order valence-corrected chi connectivity index (χ1v) is 4.30. The Hall–Kier alpha value is -2.42. The molecule has 0 amide bonds. The molecule has 0 fully saturated rings. The highest BCUT2D eigenvalue weighted by molar-refractivity contribution is 5.32. The van der Waals surface area contributed by atoms with Crippen molar-refractivity contribution in [2.75, 3.05) is 5.73 Å². The maximum absolute atomic E-state index is 8.62. The van der Waals surface area contributed by atoms with Gasteiger partial charge < -0.3 is 5.73 Å². The molecule has 0 spiro atoms. The molecule has 0 unspecified atom stereocenters. The zero-order valence-corrected chi connectivity index (χ0v) is 7.83. The van der Waals surface area contributed by atoms with Gasteiger partial charge in [-0.25, -0.2) is 4.68 Å². The minimum atomic E-state index is 0.277. The average molecular weight is 200 g/mol. The molecule has 6 heteroatoms. The number of tetrazole rings is 1. The van der Waals surface area contributed by atoms with Crippen LogP contribution in [0.1, 0.15) is 11.1 Å². The Labute approximate surface area is 85.9 Å². The Bertz CT molecular complexity index is 492. The van der Waals surface area contributed by atoms with E-state index in [0.29, 0.717) is 12.1 Å². The van der Waals surface area contributed by atoms with E-state index >= 15 is 0 Å². The summed E-state index contributed by atoms with van der Waals surface area (Å²) < 4.78 is 1.49. The maximum Gasteiger partial charge on any atom is 0.240 e. The topological polar surface area (TPSA) is 93.4 Å². The normalized spacial score (nSPS) is 9.80. The third-order valence-electron chi connectivity index (χ3n) is 1.97. The van der Waals surface area contributed by atoms with Gasteiger partial charge in [0.25, 0.3) is 0 Å². The molecular weight excluding hydrogens is 192 g/mol. The van der Waals surface area contributed by atoms with E-state index in [-0.39, 0.29) is 5.95 Å². The number of nitriles is 1. The van der Waals surface area contributed by atoms with Crippen molar-refractivity contribution < 1.29 is 0 Å². The molecule has 0 aliphatic heterocycles. The van der Waals surface area contributed by atoms with Crippen molar-refractivity contribution in [2.24, 2.45) is 0 Å². The summed E-state index contributed by atoms with van der Waals surface area (Å²) in [4.78, 5) is 0. The van der Waals surface area contributed by atoms with Gasteiger partial charge >= 0.3 is 0 Å². The fourth-order valence-electron chi connectivity index (χ4n) is 1.18. The van der Waals surface area contributed by atoms with E-state index in [9.17, 15) is 0 Å². The predicted octanol–water partition coefficient (Wildman–Crippen LogP) is 0.175. The summed E-state index contributed by atoms with van der Waals surface area (Å²) in [6.45, 7) is 0.505. The minimum Gasteiger partial charge on any atom is -0.367 e. The lowest BCUT2D eigenvalue weighted by Crippen LogP contribution is -2.06. The molecular formula is C9H8N6. The van der Waals surface area contributed by atoms with Gasteiger partial charge in [-0.15, -0.1) is 0 Å². The van der Waals surface area contributed by atoms with Gasteiger partial charge in [-0.05, 0) is 28.1 Å². The molecule has 2 aromatic rings. The zero-order valence-electron chi connectivity index (χ0n) is 7.83. The number of rotatable bonds is 2. The lowest BCUT2D eigenvalue weighted by Gasteiger charge is -2.01. The summed E-state index contributed by atoms with van der Waals surface area (Å²) in [5, 5.41) is 19.4. The first kappa shape index (κ1) is 9.15. The number of nitrogens with two attached hydrogens (primary N) is 1. The largest absolute Gasteiger partial charge is 0.367 e. The van der Waals surface area contributed by atoms with Crippen LogP contribution in [0.3, 0.4) is 0 Å². The smallest absolute Gasteiger partial charge is 0.240 e. The molecule has 6 nitrogen and oxygen atoms in total. The van der Waals surface area contributed by atoms with Crippen LogP contribution in [0.5, 0.6) is 0 Å². The molecule has 0 aliphatic carbocycles. The van der Waals surface area contributed by atoms with Crippen molar-refractivity contribution in [3.05, 3.63) is 35.4 Å². The Balaban J connectivity index is 2.19. The van der Waals surface area contributed by atoms with Crippen LogP contribution < -0.4 is 5.73 Å². The van der Waals surface area contributed by atoms with E-state index in [1.54, 1.807) is 12.1 Å². The van der Waals surface area contributed by atoms with Crippen LogP contribution >= 0.6 is 0 Å². The van der Waals surface area contributed by atoms with Crippen molar-refractivity contribution in [1.29, 1.82) is 5.26 Å². The molecule has 2 N–H and O–H groups in total. The van der Waals surface area contributed by atoms with Crippen molar-refractivity contribution in [3.63, 3.8) is 0 Å². The monoisotopic (exact) mass is 200 g/mol. The number of nitrogens with zero attached hydrogens (tertiary/aromatic N) is 5. The van der Waals surface area contributed by atoms with Crippen LogP contribution in [0.4, 0.5) is 5.95 Å². The second-order valence-electron chi connectivity index (χ2n) is 3.00. The Morgan fingerprint density at radius 2 is 2.07 bits per heavy atom. The van der Waals surface area contributed by atoms with Gasteiger partial charge in [0.05, 0.1) is 18.2 Å². The molecule has 0 atom stereocenters. The van der Waals surface area contributed by atoms with Gasteiger partial charge in [-0.1, -0.05) is 17.2 Å². The molecule has 1 aromatic heterocycles. The standard InChI is InChI=1S/C9H8N6/c10-5-7-1-3-8(4-2-7)6-15-9(11)12-13-14-15/h1-4H,6H2,(H2,11,12,14). The molecule has 0 bridgehead atoms. The van der Waals surface area contributed by atoms with E-state index in [1.807, 2.05) is 12.1 Å². The number of aromatic nitrogens is 4. The quantitative estimate of drug-likeness (QED) is 0.746. The molecule has 0 saturated carbocycles. The predicted molar refractivity (Wildman–Crippen MR) is 52.5 cm³/mol. The molecule has 74 valence electrons. The van der Waals surface area contributed by atoms with Gasteiger partial charge in [0.1, 0.15) is 0 Å². The number of hydrogen-bond acceptors (Lipinski definition) is 5. The van der Waals surface area contributed by atoms with Crippen LogP contribution in [0.25, 0.3) is 0 Å². The minimum absolute atomic E-state index is 0.277. The van der Waals surface area contributed by atoms with E-state index in [0.717, 1.165) is 5.56 Å². The summed E-state index contributed by atoms with van der Waals surface area (Å²) in [7, 11) is 0. The molecule has 0 aliphatic rings. The van der Waals surface area contributed by atoms with Crippen LogP contribution in [0, 0.1) is 11.3 Å². The van der Waals surface area contributed by atoms with Crippen molar-refractivity contribution in [3.8, 4) is 6.07 Å². The van der Waals surface area contributed by atoms with E-state index in [2.05, 4.69) is 21.6 Å². The SMILES string of the molecule is N#Cc1ccc(Cn2nnnc2N)cc1. The van der Waals surface area contributed by atoms with Crippen molar-refractivity contribution in [2.45, 2.75) is 6.54 Å². The van der Waals surface area contributed by atoms with Crippen LogP contribution in [0.15, 0.2) is 24.3 Å². The van der Waals surface area contributed by atoms with Gasteiger partial charge in [0, 0.05) is 0 Å². The number of hydrogen-bond donors (Lipinski definition) is 1. The highest BCUT2D eigenvalue weighted by atomic mass is 15.6. The third kappa shape index (κ3) is 1.91. The second kappa shape index (κ2) is 3.75. The van der Waals surface area contributed by atoms with Gasteiger partial charge in [-0.2, -0.15) is 5.26 Å². The van der Waals surface area contributed by atoms with E-state index in [1.165, 1.54) is 4.68 Å². The number of nitrogen functional groups attached to an aromatic ring is 1. The van der Waals surface area contributed by atoms with Gasteiger partial charge in [-0.3, -0.25) is 0 Å². The Kier molecular flexibility index (Phi) is 2.29. The Morgan fingerprint density at radius 1 is 1.33 bits per heavy atom. The lowest BCUT2D eigenvalue weighted by molar-refractivity contribution is 0.655. The van der Waals surface area contributed by atoms with E-state index < -0.39 is 0 Å². The number of benzene rings is 1. The summed E-state index contributed by atoms with van der Waals surface area (Å²) >= 11 is 0. The Morgan fingerprint density at radius 3 is 2.60 bits per heavy atom. The number of anilines is 1. The highest BCUT2D eigenvalue weighted by Crippen LogP contribution is 2.06. The average Bonchev–Trinajstić information content (AvgIpc) is 2.66. The highest BCUT2D eigenvalue weighted by Gasteiger charge is 2.01. The zero-order chi connectivity index (χ0) is 10.7. The van der Waals surface area contributed by atoms with Crippen molar-refractivity contribution in [1.82, 2.24) is 20.2 Å². The molecule has 2 rings (SSSR count). The van der Waals surface area contributed by atoms with Crippen LogP contribution in [-0.4, -0.2) is 20.2 Å². The molecule has 1 heterocycles. The maximum atomic E-state index is 8.62. The fourth-order valence-corrected chi connectivity index (χ4v) is 1.18. The first-order valence-electron chi connectivity index (χ1n) is 4.30. The molecule has 15 heavy (non-hydrogen) atoms. The molecule has 0 saturated heterocycles. The van der Waals surface area contributed by atoms with Gasteiger partial charge in [0.15, 0.2) is 0 Å².